The highest BCUT2D eigenvalue weighted by Crippen LogP contribution is 2.35. The van der Waals surface area contributed by atoms with Gasteiger partial charge in [-0.15, -0.1) is 0 Å². The lowest BCUT2D eigenvalue weighted by atomic mass is 10.1. The molecule has 0 unspecified atom stereocenters. The van der Waals surface area contributed by atoms with Crippen molar-refractivity contribution in [3.05, 3.63) is 0 Å². The van der Waals surface area contributed by atoms with Crippen LogP contribution in [0.4, 0.5) is 0 Å². The van der Waals surface area contributed by atoms with Gasteiger partial charge in [-0.3, -0.25) is 9.32 Å². The number of hydrogen-bond acceptors (Lipinski definition) is 6. The molecule has 84 valence electrons. The Bertz CT molecular complexity index is 234. The fourth-order valence-electron chi connectivity index (χ4n) is 0.562. The van der Waals surface area contributed by atoms with E-state index in [1.54, 1.807) is 0 Å². The Morgan fingerprint density at radius 3 is 2.14 bits per heavy atom. The van der Waals surface area contributed by atoms with Crippen LogP contribution < -0.4 is 0 Å². The van der Waals surface area contributed by atoms with Crippen molar-refractivity contribution < 1.29 is 39.0 Å². The van der Waals surface area contributed by atoms with Crippen molar-refractivity contribution in [1.82, 2.24) is 0 Å². The third kappa shape index (κ3) is 5.40. The molecule has 0 fully saturated rings. The molecule has 0 spiro atoms. The zero-order valence-corrected chi connectivity index (χ0v) is 7.87. The Labute approximate surface area is 79.0 Å². The second kappa shape index (κ2) is 5.52. The number of ketones is 1. The van der Waals surface area contributed by atoms with E-state index in [0.29, 0.717) is 0 Å². The molecule has 0 saturated carbocycles. The van der Waals surface area contributed by atoms with Gasteiger partial charge in [0, 0.05) is 0 Å². The van der Waals surface area contributed by atoms with Crippen LogP contribution in [0.1, 0.15) is 0 Å². The van der Waals surface area contributed by atoms with Gasteiger partial charge in [-0.05, 0) is 0 Å². The molecule has 0 aromatic heterocycles. The molecule has 0 rings (SSSR count). The van der Waals surface area contributed by atoms with E-state index in [9.17, 15) is 9.36 Å². The minimum atomic E-state index is -4.75. The van der Waals surface area contributed by atoms with Crippen LogP contribution in [0.5, 0.6) is 0 Å². The minimum absolute atomic E-state index is 0.883. The van der Waals surface area contributed by atoms with Crippen LogP contribution >= 0.6 is 7.82 Å². The Morgan fingerprint density at radius 2 is 1.79 bits per heavy atom. The molecule has 14 heavy (non-hydrogen) atoms. The van der Waals surface area contributed by atoms with Crippen molar-refractivity contribution >= 4 is 13.6 Å². The minimum Gasteiger partial charge on any atom is -0.393 e. The lowest BCUT2D eigenvalue weighted by Crippen LogP contribution is -2.37. The molecule has 5 N–H and O–H groups in total. The van der Waals surface area contributed by atoms with Crippen LogP contribution in [0.3, 0.4) is 0 Å². The summed E-state index contributed by atoms with van der Waals surface area (Å²) in [7, 11) is -4.75. The number of rotatable bonds is 6. The van der Waals surface area contributed by atoms with Gasteiger partial charge in [0.05, 0.1) is 13.2 Å². The van der Waals surface area contributed by atoms with E-state index < -0.39 is 39.0 Å². The average molecular weight is 230 g/mol. The summed E-state index contributed by atoms with van der Waals surface area (Å²) in [5, 5.41) is 25.9. The first-order chi connectivity index (χ1) is 6.28. The van der Waals surface area contributed by atoms with E-state index in [-0.39, 0.29) is 0 Å². The maximum absolute atomic E-state index is 10.8. The second-order valence-electron chi connectivity index (χ2n) is 2.40. The molecule has 0 saturated heterocycles. The molecule has 8 nitrogen and oxygen atoms in total. The number of phosphoric ester groups is 1. The molecule has 0 radical (unpaired) electrons. The van der Waals surface area contributed by atoms with Crippen LogP contribution in [0.15, 0.2) is 0 Å². The van der Waals surface area contributed by atoms with E-state index in [1.807, 2.05) is 0 Å². The highest BCUT2D eigenvalue weighted by molar-refractivity contribution is 7.46. The van der Waals surface area contributed by atoms with Crippen molar-refractivity contribution in [2.24, 2.45) is 0 Å². The van der Waals surface area contributed by atoms with Crippen LogP contribution in [-0.2, 0) is 13.9 Å². The molecule has 0 aromatic carbocycles. The van der Waals surface area contributed by atoms with Gasteiger partial charge in [0.25, 0.3) is 0 Å². The third-order valence-electron chi connectivity index (χ3n) is 1.23. The summed E-state index contributed by atoms with van der Waals surface area (Å²) in [4.78, 5) is 27.2. The standard InChI is InChI=1S/C5H11O8P/c6-1-3(7)5(9)4(8)2-13-14(10,11)12/h3-4,6-8H,1-2H2,(H2,10,11,12)/t3-,4+/m1/s1. The molecule has 9 heteroatoms. The molecule has 0 aliphatic heterocycles. The van der Waals surface area contributed by atoms with Gasteiger partial charge in [-0.25, -0.2) is 4.57 Å². The van der Waals surface area contributed by atoms with E-state index >= 15 is 0 Å². The first-order valence-electron chi connectivity index (χ1n) is 3.48. The number of carbonyl (C=O) groups excluding carboxylic acids is 1. The van der Waals surface area contributed by atoms with Crippen molar-refractivity contribution in [2.45, 2.75) is 12.2 Å². The number of aliphatic hydroxyl groups is 3. The summed E-state index contributed by atoms with van der Waals surface area (Å²) < 4.78 is 13.9. The van der Waals surface area contributed by atoms with Gasteiger partial charge >= 0.3 is 7.82 Å². The van der Waals surface area contributed by atoms with Crippen molar-refractivity contribution in [1.29, 1.82) is 0 Å². The topological polar surface area (TPSA) is 145 Å². The van der Waals surface area contributed by atoms with Crippen LogP contribution in [0, 0.1) is 0 Å². The zero-order valence-electron chi connectivity index (χ0n) is 6.98. The molecular formula is C5H11O8P. The van der Waals surface area contributed by atoms with Gasteiger partial charge in [0.2, 0.25) is 0 Å². The third-order valence-corrected chi connectivity index (χ3v) is 1.72. The van der Waals surface area contributed by atoms with E-state index in [2.05, 4.69) is 4.52 Å². The molecule has 0 heterocycles. The lowest BCUT2D eigenvalue weighted by Gasteiger charge is -2.13. The Morgan fingerprint density at radius 1 is 1.29 bits per heavy atom. The zero-order chi connectivity index (χ0) is 11.4. The van der Waals surface area contributed by atoms with Gasteiger partial charge in [0.1, 0.15) is 12.2 Å². The lowest BCUT2D eigenvalue weighted by molar-refractivity contribution is -0.139. The summed E-state index contributed by atoms with van der Waals surface area (Å²) in [5.41, 5.74) is 0. The fraction of sp³-hybridized carbons (Fsp3) is 0.800. The summed E-state index contributed by atoms with van der Waals surface area (Å²) in [6, 6.07) is 0. The molecule has 0 aliphatic rings. The average Bonchev–Trinajstić information content (AvgIpc) is 2.10. The quantitative estimate of drug-likeness (QED) is 0.312. The summed E-state index contributed by atoms with van der Waals surface area (Å²) in [5.74, 6) is -1.17. The molecule has 0 amide bonds. The monoisotopic (exact) mass is 230 g/mol. The number of hydrogen-bond donors (Lipinski definition) is 5. The Kier molecular flexibility index (Phi) is 5.38. The van der Waals surface area contributed by atoms with Crippen LogP contribution in [0.2, 0.25) is 0 Å². The van der Waals surface area contributed by atoms with Crippen molar-refractivity contribution in [3.8, 4) is 0 Å². The predicted molar refractivity (Wildman–Crippen MR) is 42.1 cm³/mol. The summed E-state index contributed by atoms with van der Waals surface area (Å²) >= 11 is 0. The molecular weight excluding hydrogens is 219 g/mol. The van der Waals surface area contributed by atoms with Gasteiger partial charge < -0.3 is 25.1 Å². The highest BCUT2D eigenvalue weighted by Gasteiger charge is 2.26. The number of aliphatic hydroxyl groups excluding tert-OH is 3. The predicted octanol–water partition coefficient (Wildman–Crippen LogP) is -2.62. The van der Waals surface area contributed by atoms with E-state index in [4.69, 9.17) is 25.1 Å². The Hall–Kier alpha value is -0.340. The van der Waals surface area contributed by atoms with Crippen molar-refractivity contribution in [2.75, 3.05) is 13.2 Å². The normalized spacial score (nSPS) is 16.4. The maximum atomic E-state index is 10.8. The maximum Gasteiger partial charge on any atom is 0.469 e. The highest BCUT2D eigenvalue weighted by atomic mass is 31.2. The summed E-state index contributed by atoms with van der Waals surface area (Å²) in [6.45, 7) is -1.83. The second-order valence-corrected chi connectivity index (χ2v) is 3.64. The van der Waals surface area contributed by atoms with Gasteiger partial charge in [-0.1, -0.05) is 0 Å². The smallest absolute Gasteiger partial charge is 0.393 e. The van der Waals surface area contributed by atoms with Crippen LogP contribution in [0.25, 0.3) is 0 Å². The largest absolute Gasteiger partial charge is 0.469 e. The Balaban J connectivity index is 4.03. The molecule has 2 atom stereocenters. The molecule has 0 aromatic rings. The summed E-state index contributed by atoms with van der Waals surface area (Å²) in [6.07, 6.45) is -3.67. The number of Topliss-reactive ketones (excluding diaryl/α,β-unsaturated/α-hetero) is 1. The van der Waals surface area contributed by atoms with Crippen LogP contribution in [-0.4, -0.2) is 56.3 Å². The first-order valence-corrected chi connectivity index (χ1v) is 5.01. The van der Waals surface area contributed by atoms with E-state index in [0.717, 1.165) is 0 Å². The molecule has 0 aliphatic carbocycles. The fourth-order valence-corrected chi connectivity index (χ4v) is 0.897. The molecule has 0 bridgehead atoms. The first kappa shape index (κ1) is 13.7. The SMILES string of the molecule is O=C([C@H](O)CO)[C@@H](O)COP(=O)(O)O. The van der Waals surface area contributed by atoms with E-state index in [1.165, 1.54) is 0 Å². The van der Waals surface area contributed by atoms with Gasteiger partial charge in [0.15, 0.2) is 5.78 Å². The van der Waals surface area contributed by atoms with Crippen molar-refractivity contribution in [3.63, 3.8) is 0 Å². The van der Waals surface area contributed by atoms with Gasteiger partial charge in [-0.2, -0.15) is 0 Å². The number of carbonyl (C=O) groups is 1. The number of phosphoric acid groups is 1.